The number of nitrogens with one attached hydrogen (secondary N) is 1. The zero-order valence-electron chi connectivity index (χ0n) is 8.63. The van der Waals surface area contributed by atoms with E-state index in [4.69, 9.17) is 0 Å². The number of hydrogen-bond donors (Lipinski definition) is 1. The van der Waals surface area contributed by atoms with Crippen molar-refractivity contribution in [2.24, 2.45) is 0 Å². The Balaban J connectivity index is 2.37. The van der Waals surface area contributed by atoms with Crippen LogP contribution >= 0.6 is 15.9 Å². The van der Waals surface area contributed by atoms with Crippen LogP contribution in [0.25, 0.3) is 0 Å². The fourth-order valence-electron chi connectivity index (χ4n) is 1.36. The second-order valence-corrected chi connectivity index (χ2v) is 4.20. The minimum absolute atomic E-state index is 0.0250. The fourth-order valence-corrected chi connectivity index (χ4v) is 1.72. The highest BCUT2D eigenvalue weighted by Gasteiger charge is 2.13. The predicted molar refractivity (Wildman–Crippen MR) is 68.3 cm³/mol. The Hall–Kier alpha value is -1.95. The van der Waals surface area contributed by atoms with E-state index in [1.807, 2.05) is 0 Å². The summed E-state index contributed by atoms with van der Waals surface area (Å²) in [6, 6.07) is 8.28. The maximum atomic E-state index is 10.9. The van der Waals surface area contributed by atoms with Crippen LogP contribution in [0.4, 0.5) is 17.1 Å². The van der Waals surface area contributed by atoms with Gasteiger partial charge in [0.25, 0.3) is 5.69 Å². The lowest BCUT2D eigenvalue weighted by molar-refractivity contribution is -0.383. The Kier molecular flexibility index (Phi) is 3.34. The SMILES string of the molecule is O=[N+]([O-])c1ccc(Br)cc1Nc1cccnc1. The molecular weight excluding hydrogens is 286 g/mol. The quantitative estimate of drug-likeness (QED) is 0.695. The average Bonchev–Trinajstić information content (AvgIpc) is 2.30. The van der Waals surface area contributed by atoms with Crippen LogP contribution in [0.1, 0.15) is 0 Å². The van der Waals surface area contributed by atoms with Gasteiger partial charge in [0, 0.05) is 16.7 Å². The highest BCUT2D eigenvalue weighted by atomic mass is 79.9. The maximum Gasteiger partial charge on any atom is 0.292 e. The molecule has 0 saturated carbocycles. The first-order valence-electron chi connectivity index (χ1n) is 4.78. The second-order valence-electron chi connectivity index (χ2n) is 3.29. The van der Waals surface area contributed by atoms with Gasteiger partial charge in [0.05, 0.1) is 16.8 Å². The number of nitrogens with zero attached hydrogens (tertiary/aromatic N) is 2. The van der Waals surface area contributed by atoms with Crippen molar-refractivity contribution >= 4 is 33.0 Å². The normalized spacial score (nSPS) is 9.94. The minimum Gasteiger partial charge on any atom is -0.349 e. The Labute approximate surface area is 106 Å². The van der Waals surface area contributed by atoms with Crippen molar-refractivity contribution < 1.29 is 4.92 Å². The standard InChI is InChI=1S/C11H8BrN3O2/c12-8-3-4-11(15(16)17)10(6-8)14-9-2-1-5-13-7-9/h1-7,14H. The summed E-state index contributed by atoms with van der Waals surface area (Å²) >= 11 is 3.28. The molecule has 2 aromatic rings. The number of halogens is 1. The van der Waals surface area contributed by atoms with Crippen molar-refractivity contribution in [1.82, 2.24) is 4.98 Å². The molecule has 17 heavy (non-hydrogen) atoms. The van der Waals surface area contributed by atoms with Gasteiger partial charge in [-0.3, -0.25) is 15.1 Å². The van der Waals surface area contributed by atoms with Crippen LogP contribution in [0.2, 0.25) is 0 Å². The molecule has 0 spiro atoms. The van der Waals surface area contributed by atoms with Crippen LogP contribution in [0, 0.1) is 10.1 Å². The number of aromatic nitrogens is 1. The zero-order chi connectivity index (χ0) is 12.3. The number of anilines is 2. The lowest BCUT2D eigenvalue weighted by atomic mass is 10.2. The fraction of sp³-hybridized carbons (Fsp3) is 0. The van der Waals surface area contributed by atoms with E-state index in [9.17, 15) is 10.1 Å². The van der Waals surface area contributed by atoms with Crippen molar-refractivity contribution in [2.45, 2.75) is 0 Å². The third-order valence-corrected chi connectivity index (χ3v) is 2.59. The highest BCUT2D eigenvalue weighted by Crippen LogP contribution is 2.30. The first-order valence-corrected chi connectivity index (χ1v) is 5.57. The number of benzene rings is 1. The highest BCUT2D eigenvalue weighted by molar-refractivity contribution is 9.10. The van der Waals surface area contributed by atoms with Gasteiger partial charge in [-0.25, -0.2) is 0 Å². The summed E-state index contributed by atoms with van der Waals surface area (Å²) in [6.45, 7) is 0. The largest absolute Gasteiger partial charge is 0.349 e. The third-order valence-electron chi connectivity index (χ3n) is 2.10. The van der Waals surface area contributed by atoms with Gasteiger partial charge in [-0.15, -0.1) is 0 Å². The summed E-state index contributed by atoms with van der Waals surface area (Å²) in [6.07, 6.45) is 3.24. The van der Waals surface area contributed by atoms with E-state index in [1.165, 1.54) is 6.07 Å². The summed E-state index contributed by atoms with van der Waals surface area (Å²) in [5, 5.41) is 13.8. The third kappa shape index (κ3) is 2.79. The molecule has 6 heteroatoms. The molecule has 1 N–H and O–H groups in total. The zero-order valence-corrected chi connectivity index (χ0v) is 10.2. The topological polar surface area (TPSA) is 68.1 Å². The Morgan fingerprint density at radius 3 is 2.82 bits per heavy atom. The van der Waals surface area contributed by atoms with E-state index in [-0.39, 0.29) is 5.69 Å². The summed E-state index contributed by atoms with van der Waals surface area (Å²) < 4.78 is 0.773. The summed E-state index contributed by atoms with van der Waals surface area (Å²) in [7, 11) is 0. The Bertz CT molecular complexity index is 546. The first-order chi connectivity index (χ1) is 8.16. The lowest BCUT2D eigenvalue weighted by Gasteiger charge is -2.06. The van der Waals surface area contributed by atoms with Crippen molar-refractivity contribution in [1.29, 1.82) is 0 Å². The molecule has 0 amide bonds. The second kappa shape index (κ2) is 4.92. The van der Waals surface area contributed by atoms with Crippen molar-refractivity contribution in [3.63, 3.8) is 0 Å². The molecule has 0 atom stereocenters. The van der Waals surface area contributed by atoms with Gasteiger partial charge in [0.2, 0.25) is 0 Å². The summed E-state index contributed by atoms with van der Waals surface area (Å²) in [4.78, 5) is 14.4. The molecule has 86 valence electrons. The van der Waals surface area contributed by atoms with Gasteiger partial charge in [0.15, 0.2) is 0 Å². The van der Waals surface area contributed by atoms with E-state index in [0.717, 1.165) is 4.47 Å². The van der Waals surface area contributed by atoms with Gasteiger partial charge in [0.1, 0.15) is 5.69 Å². The summed E-state index contributed by atoms with van der Waals surface area (Å²) in [5.41, 5.74) is 1.16. The van der Waals surface area contributed by atoms with Gasteiger partial charge in [-0.1, -0.05) is 15.9 Å². The maximum absolute atomic E-state index is 10.9. The first kappa shape index (κ1) is 11.5. The number of nitro groups is 1. The molecule has 1 aromatic carbocycles. The van der Waals surface area contributed by atoms with E-state index >= 15 is 0 Å². The van der Waals surface area contributed by atoms with Gasteiger partial charge < -0.3 is 5.32 Å². The average molecular weight is 294 g/mol. The summed E-state index contributed by atoms with van der Waals surface area (Å²) in [5.74, 6) is 0. The van der Waals surface area contributed by atoms with E-state index < -0.39 is 4.92 Å². The molecule has 0 aliphatic rings. The smallest absolute Gasteiger partial charge is 0.292 e. The number of nitro benzene ring substituents is 1. The van der Waals surface area contributed by atoms with Crippen molar-refractivity contribution in [3.8, 4) is 0 Å². The number of hydrogen-bond acceptors (Lipinski definition) is 4. The van der Waals surface area contributed by atoms with Crippen LogP contribution in [0.5, 0.6) is 0 Å². The molecule has 2 rings (SSSR count). The molecule has 1 aromatic heterocycles. The molecule has 0 aliphatic carbocycles. The molecule has 0 unspecified atom stereocenters. The minimum atomic E-state index is -0.425. The Morgan fingerprint density at radius 2 is 2.18 bits per heavy atom. The lowest BCUT2D eigenvalue weighted by Crippen LogP contribution is -1.97. The van der Waals surface area contributed by atoms with Crippen LogP contribution in [-0.4, -0.2) is 9.91 Å². The van der Waals surface area contributed by atoms with E-state index in [2.05, 4.69) is 26.2 Å². The monoisotopic (exact) mass is 293 g/mol. The van der Waals surface area contributed by atoms with Crippen LogP contribution < -0.4 is 5.32 Å². The van der Waals surface area contributed by atoms with Gasteiger partial charge >= 0.3 is 0 Å². The molecule has 0 aliphatic heterocycles. The Morgan fingerprint density at radius 1 is 1.35 bits per heavy atom. The molecule has 0 fully saturated rings. The number of rotatable bonds is 3. The van der Waals surface area contributed by atoms with Crippen molar-refractivity contribution in [2.75, 3.05) is 5.32 Å². The molecule has 5 nitrogen and oxygen atoms in total. The van der Waals surface area contributed by atoms with E-state index in [1.54, 1.807) is 36.7 Å². The molecule has 0 bridgehead atoms. The van der Waals surface area contributed by atoms with Gasteiger partial charge in [-0.2, -0.15) is 0 Å². The molecule has 0 saturated heterocycles. The molecule has 1 heterocycles. The molecular formula is C11H8BrN3O2. The van der Waals surface area contributed by atoms with Crippen LogP contribution in [0.15, 0.2) is 47.2 Å². The van der Waals surface area contributed by atoms with E-state index in [0.29, 0.717) is 11.4 Å². The predicted octanol–water partition coefficient (Wildman–Crippen LogP) is 3.50. The van der Waals surface area contributed by atoms with Crippen LogP contribution in [0.3, 0.4) is 0 Å². The van der Waals surface area contributed by atoms with Crippen LogP contribution in [-0.2, 0) is 0 Å². The van der Waals surface area contributed by atoms with Crippen molar-refractivity contribution in [3.05, 3.63) is 57.3 Å². The van der Waals surface area contributed by atoms with Gasteiger partial charge in [-0.05, 0) is 24.3 Å². The number of pyridine rings is 1. The molecule has 0 radical (unpaired) electrons.